The van der Waals surface area contributed by atoms with Gasteiger partial charge in [-0.15, -0.1) is 21.5 Å². The number of hydrogen-bond donors (Lipinski definition) is 0. The van der Waals surface area contributed by atoms with Crippen LogP contribution in [0.15, 0.2) is 30.3 Å². The minimum absolute atomic E-state index is 0.260. The van der Waals surface area contributed by atoms with Gasteiger partial charge in [0, 0.05) is 17.0 Å². The zero-order valence-corrected chi connectivity index (χ0v) is 15.4. The van der Waals surface area contributed by atoms with E-state index in [1.807, 2.05) is 18.3 Å². The van der Waals surface area contributed by atoms with Gasteiger partial charge in [-0.25, -0.2) is 0 Å². The summed E-state index contributed by atoms with van der Waals surface area (Å²) in [7, 11) is 2.17. The van der Waals surface area contributed by atoms with Crippen LogP contribution in [-0.2, 0) is 13.0 Å². The van der Waals surface area contributed by atoms with Crippen molar-refractivity contribution in [1.29, 1.82) is 0 Å². The van der Waals surface area contributed by atoms with E-state index in [2.05, 4.69) is 70.9 Å². The maximum Gasteiger partial charge on any atom is 0.155 e. The first kappa shape index (κ1) is 15.5. The number of benzene rings is 1. The van der Waals surface area contributed by atoms with Crippen LogP contribution in [0.2, 0.25) is 0 Å². The highest BCUT2D eigenvalue weighted by Crippen LogP contribution is 2.39. The van der Waals surface area contributed by atoms with Crippen LogP contribution in [0.1, 0.15) is 46.2 Å². The Morgan fingerprint density at radius 1 is 1.17 bits per heavy atom. The zero-order valence-electron chi connectivity index (χ0n) is 14.6. The van der Waals surface area contributed by atoms with Gasteiger partial charge in [-0.05, 0) is 45.4 Å². The molecule has 0 bridgehead atoms. The monoisotopic (exact) mass is 338 g/mol. The summed E-state index contributed by atoms with van der Waals surface area (Å²) in [6.07, 6.45) is 0.983. The lowest BCUT2D eigenvalue weighted by Gasteiger charge is -2.21. The van der Waals surface area contributed by atoms with Gasteiger partial charge in [0.1, 0.15) is 10.8 Å². The highest BCUT2D eigenvalue weighted by molar-refractivity contribution is 7.14. The van der Waals surface area contributed by atoms with Crippen LogP contribution in [0.3, 0.4) is 0 Å². The largest absolute Gasteiger partial charge is 0.292 e. The first-order valence-electron chi connectivity index (χ1n) is 8.34. The third kappa shape index (κ3) is 2.39. The summed E-state index contributed by atoms with van der Waals surface area (Å²) in [6.45, 7) is 7.44. The average Bonchev–Trinajstić information content (AvgIpc) is 3.06. The Bertz CT molecular complexity index is 878. The smallest absolute Gasteiger partial charge is 0.155 e. The summed E-state index contributed by atoms with van der Waals surface area (Å²) < 4.78 is 2.26. The third-order valence-electron chi connectivity index (χ3n) is 5.02. The first-order valence-corrected chi connectivity index (χ1v) is 9.15. The normalized spacial score (nSPS) is 17.4. The molecule has 4 nitrogen and oxygen atoms in total. The second kappa shape index (κ2) is 5.83. The second-order valence-corrected chi connectivity index (χ2v) is 7.82. The maximum absolute atomic E-state index is 4.45. The summed E-state index contributed by atoms with van der Waals surface area (Å²) in [4.78, 5) is 3.76. The summed E-state index contributed by atoms with van der Waals surface area (Å²) >= 11 is 1.87. The molecule has 1 aliphatic heterocycles. The van der Waals surface area contributed by atoms with Crippen LogP contribution < -0.4 is 0 Å². The molecule has 1 aromatic carbocycles. The number of aromatic nitrogens is 3. The van der Waals surface area contributed by atoms with Crippen molar-refractivity contribution in [3.63, 3.8) is 0 Å². The van der Waals surface area contributed by atoms with Crippen molar-refractivity contribution < 1.29 is 0 Å². The van der Waals surface area contributed by atoms with E-state index in [-0.39, 0.29) is 6.04 Å². The predicted octanol–water partition coefficient (Wildman–Crippen LogP) is 4.04. The lowest BCUT2D eigenvalue weighted by Crippen LogP contribution is -2.22. The van der Waals surface area contributed by atoms with Crippen LogP contribution in [-0.4, -0.2) is 26.7 Å². The van der Waals surface area contributed by atoms with Crippen LogP contribution in [0, 0.1) is 13.8 Å². The topological polar surface area (TPSA) is 34.0 Å². The summed E-state index contributed by atoms with van der Waals surface area (Å²) in [5, 5.41) is 10.1. The van der Waals surface area contributed by atoms with Gasteiger partial charge < -0.3 is 0 Å². The van der Waals surface area contributed by atoms with Gasteiger partial charge in [0.15, 0.2) is 5.82 Å². The molecule has 0 spiro atoms. The molecular weight excluding hydrogens is 316 g/mol. The Hall–Kier alpha value is -1.98. The number of fused-ring (bicyclic) bond motifs is 3. The molecule has 0 unspecified atom stereocenters. The van der Waals surface area contributed by atoms with Gasteiger partial charge in [-0.1, -0.05) is 30.3 Å². The van der Waals surface area contributed by atoms with Crippen molar-refractivity contribution >= 4 is 11.3 Å². The fraction of sp³-hybridized carbons (Fsp3) is 0.368. The lowest BCUT2D eigenvalue weighted by molar-refractivity contribution is 0.247. The van der Waals surface area contributed by atoms with Gasteiger partial charge in [0.05, 0.1) is 6.04 Å². The zero-order chi connectivity index (χ0) is 16.8. The van der Waals surface area contributed by atoms with Gasteiger partial charge in [0.2, 0.25) is 0 Å². The lowest BCUT2D eigenvalue weighted by atomic mass is 10.0. The van der Waals surface area contributed by atoms with Crippen LogP contribution in [0.25, 0.3) is 5.00 Å². The van der Waals surface area contributed by atoms with Gasteiger partial charge >= 0.3 is 0 Å². The number of thiophene rings is 1. The predicted molar refractivity (Wildman–Crippen MR) is 97.8 cm³/mol. The van der Waals surface area contributed by atoms with Crippen LogP contribution >= 0.6 is 11.3 Å². The van der Waals surface area contributed by atoms with Crippen LogP contribution in [0.5, 0.6) is 0 Å². The van der Waals surface area contributed by atoms with Gasteiger partial charge in [-0.3, -0.25) is 9.47 Å². The molecule has 124 valence electrons. The van der Waals surface area contributed by atoms with Crippen molar-refractivity contribution in [2.75, 3.05) is 7.05 Å². The molecule has 3 heterocycles. The molecule has 3 aromatic rings. The van der Waals surface area contributed by atoms with E-state index in [9.17, 15) is 0 Å². The molecule has 0 radical (unpaired) electrons. The summed E-state index contributed by atoms with van der Waals surface area (Å²) in [6, 6.07) is 11.0. The molecular formula is C19H22N4S. The standard InChI is InChI=1S/C19H22N4S/c1-12-18-21-20-14(3)23(18)19-17(11-22(12)4)16(13(2)24-19)10-15-8-6-5-7-9-15/h5-9,12H,10-11H2,1-4H3/t12-/m1/s1. The van der Waals surface area contributed by atoms with E-state index in [0.717, 1.165) is 24.6 Å². The highest BCUT2D eigenvalue weighted by atomic mass is 32.1. The summed E-state index contributed by atoms with van der Waals surface area (Å²) in [5.41, 5.74) is 4.25. The minimum Gasteiger partial charge on any atom is -0.292 e. The molecule has 24 heavy (non-hydrogen) atoms. The molecule has 0 saturated carbocycles. The molecule has 0 saturated heterocycles. The number of rotatable bonds is 2. The van der Waals surface area contributed by atoms with E-state index >= 15 is 0 Å². The Labute approximate surface area is 146 Å². The molecule has 2 aromatic heterocycles. The van der Waals surface area contributed by atoms with E-state index in [1.165, 1.54) is 26.6 Å². The molecule has 0 aliphatic carbocycles. The number of nitrogens with zero attached hydrogens (tertiary/aromatic N) is 4. The Morgan fingerprint density at radius 2 is 1.92 bits per heavy atom. The molecule has 0 amide bonds. The van der Waals surface area contributed by atoms with Crippen molar-refractivity contribution in [2.24, 2.45) is 0 Å². The van der Waals surface area contributed by atoms with Crippen LogP contribution in [0.4, 0.5) is 0 Å². The molecule has 0 N–H and O–H groups in total. The second-order valence-electron chi connectivity index (χ2n) is 6.61. The third-order valence-corrected chi connectivity index (χ3v) is 6.19. The summed E-state index contributed by atoms with van der Waals surface area (Å²) in [5.74, 6) is 2.02. The van der Waals surface area contributed by atoms with E-state index < -0.39 is 0 Å². The number of aryl methyl sites for hydroxylation is 2. The SMILES string of the molecule is Cc1sc2c(c1Cc1ccccc1)CN(C)[C@H](C)c1nnc(C)n1-2. The van der Waals surface area contributed by atoms with Crippen molar-refractivity contribution in [3.05, 3.63) is 63.5 Å². The quantitative estimate of drug-likeness (QED) is 0.707. The van der Waals surface area contributed by atoms with Crippen molar-refractivity contribution in [1.82, 2.24) is 19.7 Å². The Balaban J connectivity index is 1.88. The van der Waals surface area contributed by atoms with Crippen molar-refractivity contribution in [3.8, 4) is 5.00 Å². The molecule has 0 fully saturated rings. The average molecular weight is 338 g/mol. The molecule has 4 rings (SSSR count). The Morgan fingerprint density at radius 3 is 2.67 bits per heavy atom. The van der Waals surface area contributed by atoms with E-state index in [0.29, 0.717) is 0 Å². The maximum atomic E-state index is 4.45. The van der Waals surface area contributed by atoms with Gasteiger partial charge in [0.25, 0.3) is 0 Å². The van der Waals surface area contributed by atoms with E-state index in [4.69, 9.17) is 0 Å². The molecule has 5 heteroatoms. The fourth-order valence-corrected chi connectivity index (χ4v) is 4.70. The fourth-order valence-electron chi connectivity index (χ4n) is 3.47. The Kier molecular flexibility index (Phi) is 3.77. The number of hydrogen-bond acceptors (Lipinski definition) is 4. The first-order chi connectivity index (χ1) is 11.6. The van der Waals surface area contributed by atoms with Gasteiger partial charge in [-0.2, -0.15) is 0 Å². The van der Waals surface area contributed by atoms with Crippen molar-refractivity contribution in [2.45, 2.75) is 39.8 Å². The van der Waals surface area contributed by atoms with E-state index in [1.54, 1.807) is 0 Å². The molecule has 1 atom stereocenters. The molecule has 1 aliphatic rings. The minimum atomic E-state index is 0.260. The highest BCUT2D eigenvalue weighted by Gasteiger charge is 2.30.